The van der Waals surface area contributed by atoms with Gasteiger partial charge in [-0.1, -0.05) is 24.3 Å². The molecule has 0 aliphatic heterocycles. The Balaban J connectivity index is 1.45. The summed E-state index contributed by atoms with van der Waals surface area (Å²) < 4.78 is 40.8. The molecule has 0 bridgehead atoms. The van der Waals surface area contributed by atoms with Gasteiger partial charge in [0.2, 0.25) is 11.8 Å². The quantitative estimate of drug-likeness (QED) is 0.659. The lowest BCUT2D eigenvalue weighted by molar-refractivity contribution is -0.154. The number of hydrogen-bond donors (Lipinski definition) is 2. The SMILES string of the molecule is O=C(CCc1c[nH]c2ccccc12)NCc1ccc(OCC(F)(F)F)nc1. The standard InChI is InChI=1S/C19H18F3N3O2/c20-19(21,22)12-27-18-8-5-13(10-25-18)9-24-17(26)7-6-14-11-23-16-4-2-1-3-15(14)16/h1-5,8,10-11,23H,6-7,9,12H2,(H,24,26). The smallest absolute Gasteiger partial charge is 0.422 e. The van der Waals surface area contributed by atoms with Crippen molar-refractivity contribution < 1.29 is 22.7 Å². The number of aromatic nitrogens is 2. The number of fused-ring (bicyclic) bond motifs is 1. The Morgan fingerprint density at radius 1 is 1.19 bits per heavy atom. The molecule has 0 spiro atoms. The number of halogens is 3. The minimum atomic E-state index is -4.40. The molecule has 1 aromatic carbocycles. The lowest BCUT2D eigenvalue weighted by Crippen LogP contribution is -2.23. The van der Waals surface area contributed by atoms with Crippen molar-refractivity contribution in [2.75, 3.05) is 6.61 Å². The number of nitrogens with zero attached hydrogens (tertiary/aromatic N) is 1. The Morgan fingerprint density at radius 3 is 2.74 bits per heavy atom. The van der Waals surface area contributed by atoms with Crippen molar-refractivity contribution in [3.05, 3.63) is 59.9 Å². The zero-order valence-corrected chi connectivity index (χ0v) is 14.3. The molecule has 142 valence electrons. The molecule has 2 heterocycles. The van der Waals surface area contributed by atoms with Crippen LogP contribution in [0.15, 0.2) is 48.8 Å². The fourth-order valence-corrected chi connectivity index (χ4v) is 2.63. The van der Waals surface area contributed by atoms with Crippen LogP contribution in [-0.2, 0) is 17.8 Å². The number of ether oxygens (including phenoxy) is 1. The third-order valence-corrected chi connectivity index (χ3v) is 3.97. The van der Waals surface area contributed by atoms with Crippen LogP contribution < -0.4 is 10.1 Å². The number of hydrogen-bond acceptors (Lipinski definition) is 3. The normalized spacial score (nSPS) is 11.5. The van der Waals surface area contributed by atoms with Crippen LogP contribution in [0.5, 0.6) is 5.88 Å². The Bertz CT molecular complexity index is 904. The number of aromatic amines is 1. The van der Waals surface area contributed by atoms with Crippen LogP contribution in [0.2, 0.25) is 0 Å². The van der Waals surface area contributed by atoms with Gasteiger partial charge in [0.1, 0.15) is 0 Å². The second-order valence-electron chi connectivity index (χ2n) is 6.04. The van der Waals surface area contributed by atoms with Crippen LogP contribution in [-0.4, -0.2) is 28.7 Å². The van der Waals surface area contributed by atoms with Crippen LogP contribution in [0.1, 0.15) is 17.5 Å². The fraction of sp³-hybridized carbons (Fsp3) is 0.263. The van der Waals surface area contributed by atoms with Gasteiger partial charge in [0.05, 0.1) is 0 Å². The molecule has 3 aromatic rings. The molecule has 8 heteroatoms. The molecule has 0 saturated heterocycles. The van der Waals surface area contributed by atoms with E-state index in [4.69, 9.17) is 0 Å². The Morgan fingerprint density at radius 2 is 2.00 bits per heavy atom. The van der Waals surface area contributed by atoms with Crippen molar-refractivity contribution in [3.63, 3.8) is 0 Å². The van der Waals surface area contributed by atoms with Gasteiger partial charge in [-0.3, -0.25) is 4.79 Å². The fourth-order valence-electron chi connectivity index (χ4n) is 2.63. The molecule has 2 N–H and O–H groups in total. The van der Waals surface area contributed by atoms with Gasteiger partial charge in [0, 0.05) is 42.3 Å². The van der Waals surface area contributed by atoms with Gasteiger partial charge in [-0.15, -0.1) is 0 Å². The zero-order chi connectivity index (χ0) is 19.3. The first-order chi connectivity index (χ1) is 12.9. The van der Waals surface area contributed by atoms with Crippen LogP contribution in [0.4, 0.5) is 13.2 Å². The molecule has 0 unspecified atom stereocenters. The first kappa shape index (κ1) is 18.8. The molecule has 0 saturated carbocycles. The van der Waals surface area contributed by atoms with Crippen molar-refractivity contribution in [2.45, 2.75) is 25.6 Å². The number of carbonyl (C=O) groups is 1. The highest BCUT2D eigenvalue weighted by Gasteiger charge is 2.28. The van der Waals surface area contributed by atoms with Gasteiger partial charge in [0.15, 0.2) is 6.61 Å². The maximum Gasteiger partial charge on any atom is 0.422 e. The largest absolute Gasteiger partial charge is 0.468 e. The highest BCUT2D eigenvalue weighted by molar-refractivity contribution is 5.84. The molecule has 27 heavy (non-hydrogen) atoms. The van der Waals surface area contributed by atoms with Gasteiger partial charge in [-0.05, 0) is 23.6 Å². The molecule has 0 aliphatic carbocycles. The highest BCUT2D eigenvalue weighted by Crippen LogP contribution is 2.19. The van der Waals surface area contributed by atoms with E-state index in [-0.39, 0.29) is 18.3 Å². The summed E-state index contributed by atoms with van der Waals surface area (Å²) in [4.78, 5) is 19.0. The summed E-state index contributed by atoms with van der Waals surface area (Å²) in [5.74, 6) is -0.223. The van der Waals surface area contributed by atoms with E-state index in [1.807, 2.05) is 30.5 Å². The van der Waals surface area contributed by atoms with E-state index in [0.29, 0.717) is 18.4 Å². The first-order valence-corrected chi connectivity index (χ1v) is 8.37. The number of amides is 1. The predicted molar refractivity (Wildman–Crippen MR) is 94.3 cm³/mol. The monoisotopic (exact) mass is 377 g/mol. The molecule has 2 aromatic heterocycles. The summed E-state index contributed by atoms with van der Waals surface area (Å²) in [6.07, 6.45) is -0.174. The van der Waals surface area contributed by atoms with Crippen LogP contribution in [0.25, 0.3) is 10.9 Å². The minimum absolute atomic E-state index is 0.110. The van der Waals surface area contributed by atoms with Gasteiger partial charge in [-0.25, -0.2) is 4.98 Å². The summed E-state index contributed by atoms with van der Waals surface area (Å²) in [5, 5.41) is 3.88. The van der Waals surface area contributed by atoms with E-state index >= 15 is 0 Å². The number of rotatable bonds is 7. The van der Waals surface area contributed by atoms with Gasteiger partial charge in [-0.2, -0.15) is 13.2 Å². The number of carbonyl (C=O) groups excluding carboxylic acids is 1. The summed E-state index contributed by atoms with van der Waals surface area (Å²) in [7, 11) is 0. The number of alkyl halides is 3. The maximum absolute atomic E-state index is 12.1. The van der Waals surface area contributed by atoms with E-state index < -0.39 is 12.8 Å². The summed E-state index contributed by atoms with van der Waals surface area (Å²) >= 11 is 0. The average Bonchev–Trinajstić information content (AvgIpc) is 3.06. The minimum Gasteiger partial charge on any atom is -0.468 e. The second-order valence-corrected chi connectivity index (χ2v) is 6.04. The average molecular weight is 377 g/mol. The Labute approximate surface area is 153 Å². The third-order valence-electron chi connectivity index (χ3n) is 3.97. The molecule has 1 amide bonds. The third kappa shape index (κ3) is 5.47. The molecule has 0 atom stereocenters. The van der Waals surface area contributed by atoms with Crippen molar-refractivity contribution in [1.29, 1.82) is 0 Å². The summed E-state index contributed by atoms with van der Waals surface area (Å²) in [5.41, 5.74) is 2.79. The number of benzene rings is 1. The lowest BCUT2D eigenvalue weighted by Gasteiger charge is -2.09. The Hall–Kier alpha value is -3.03. The maximum atomic E-state index is 12.1. The predicted octanol–water partition coefficient (Wildman–Crippen LogP) is 3.75. The molecule has 3 rings (SSSR count). The van der Waals surface area contributed by atoms with Crippen LogP contribution in [0.3, 0.4) is 0 Å². The molecule has 0 fully saturated rings. The topological polar surface area (TPSA) is 67.0 Å². The van der Waals surface area contributed by atoms with Gasteiger partial charge < -0.3 is 15.0 Å². The van der Waals surface area contributed by atoms with E-state index in [0.717, 1.165) is 16.5 Å². The molecular formula is C19H18F3N3O2. The van der Waals surface area contributed by atoms with Crippen molar-refractivity contribution in [1.82, 2.24) is 15.3 Å². The van der Waals surface area contributed by atoms with Crippen LogP contribution >= 0.6 is 0 Å². The molecule has 5 nitrogen and oxygen atoms in total. The summed E-state index contributed by atoms with van der Waals surface area (Å²) in [6, 6.07) is 10.8. The summed E-state index contributed by atoms with van der Waals surface area (Å²) in [6.45, 7) is -1.14. The first-order valence-electron chi connectivity index (χ1n) is 8.37. The second kappa shape index (κ2) is 8.11. The molecular weight excluding hydrogens is 359 g/mol. The Kier molecular flexibility index (Phi) is 5.63. The van der Waals surface area contributed by atoms with Gasteiger partial charge in [0.25, 0.3) is 0 Å². The number of nitrogens with one attached hydrogen (secondary N) is 2. The molecule has 0 radical (unpaired) electrons. The van der Waals surface area contributed by atoms with Crippen molar-refractivity contribution >= 4 is 16.8 Å². The van der Waals surface area contributed by atoms with Crippen LogP contribution in [0, 0.1) is 0 Å². The van der Waals surface area contributed by atoms with E-state index in [1.165, 1.54) is 12.3 Å². The molecule has 0 aliphatic rings. The van der Waals surface area contributed by atoms with Crippen molar-refractivity contribution in [2.24, 2.45) is 0 Å². The number of aryl methyl sites for hydroxylation is 1. The highest BCUT2D eigenvalue weighted by atomic mass is 19.4. The number of para-hydroxylation sites is 1. The van der Waals surface area contributed by atoms with E-state index in [9.17, 15) is 18.0 Å². The van der Waals surface area contributed by atoms with Gasteiger partial charge >= 0.3 is 6.18 Å². The lowest BCUT2D eigenvalue weighted by atomic mass is 10.1. The zero-order valence-electron chi connectivity index (χ0n) is 14.3. The van der Waals surface area contributed by atoms with Crippen molar-refractivity contribution in [3.8, 4) is 5.88 Å². The van der Waals surface area contributed by atoms with E-state index in [1.54, 1.807) is 6.07 Å². The van der Waals surface area contributed by atoms with E-state index in [2.05, 4.69) is 20.0 Å². The number of H-pyrrole nitrogens is 1. The number of pyridine rings is 1.